The molecule has 0 aliphatic heterocycles. The lowest BCUT2D eigenvalue weighted by Crippen LogP contribution is -2.30. The normalized spacial score (nSPS) is 11.7. The van der Waals surface area contributed by atoms with Gasteiger partial charge in [0.05, 0.1) is 16.8 Å². The van der Waals surface area contributed by atoms with Crippen molar-refractivity contribution >= 4 is 17.6 Å². The van der Waals surface area contributed by atoms with Gasteiger partial charge in [-0.15, -0.1) is 0 Å². The molecular formula is C25H28N2O5. The van der Waals surface area contributed by atoms with Gasteiger partial charge in [-0.1, -0.05) is 22.9 Å². The van der Waals surface area contributed by atoms with Crippen molar-refractivity contribution in [3.63, 3.8) is 0 Å². The molecule has 3 aromatic rings. The maximum absolute atomic E-state index is 12.6. The molecule has 3 rings (SSSR count). The van der Waals surface area contributed by atoms with Gasteiger partial charge in [-0.25, -0.2) is 4.79 Å². The summed E-state index contributed by atoms with van der Waals surface area (Å²) in [6.07, 6.45) is -0.946. The zero-order valence-electron chi connectivity index (χ0n) is 19.2. The lowest BCUT2D eigenvalue weighted by molar-refractivity contribution is -0.123. The minimum absolute atomic E-state index is 0.319. The third kappa shape index (κ3) is 5.35. The van der Waals surface area contributed by atoms with Crippen LogP contribution in [0.25, 0.3) is 0 Å². The number of carbonyl (C=O) groups is 2. The molecule has 0 saturated carbocycles. The summed E-state index contributed by atoms with van der Waals surface area (Å²) in [5.74, 6) is 0.346. The summed E-state index contributed by atoms with van der Waals surface area (Å²) in [5, 5.41) is 6.76. The van der Waals surface area contributed by atoms with Crippen LogP contribution in [-0.4, -0.2) is 23.1 Å². The number of benzene rings is 2. The number of esters is 1. The van der Waals surface area contributed by atoms with E-state index in [-0.39, 0.29) is 5.91 Å². The second kappa shape index (κ2) is 9.68. The van der Waals surface area contributed by atoms with Crippen molar-refractivity contribution in [1.82, 2.24) is 5.16 Å². The van der Waals surface area contributed by atoms with Gasteiger partial charge < -0.3 is 19.3 Å². The molecule has 1 atom stereocenters. The number of hydrogen-bond acceptors (Lipinski definition) is 6. The summed E-state index contributed by atoms with van der Waals surface area (Å²) < 4.78 is 16.2. The Bertz CT molecular complexity index is 1090. The summed E-state index contributed by atoms with van der Waals surface area (Å²) in [4.78, 5) is 25.0. The number of rotatable bonds is 7. The van der Waals surface area contributed by atoms with Crippen LogP contribution in [-0.2, 0) is 16.1 Å². The van der Waals surface area contributed by atoms with Crippen LogP contribution in [0.3, 0.4) is 0 Å². The van der Waals surface area contributed by atoms with Crippen LogP contribution in [0, 0.1) is 34.6 Å². The molecule has 7 heteroatoms. The van der Waals surface area contributed by atoms with Crippen molar-refractivity contribution in [1.29, 1.82) is 0 Å². The van der Waals surface area contributed by atoms with Gasteiger partial charge in [0.15, 0.2) is 6.10 Å². The van der Waals surface area contributed by atoms with Gasteiger partial charge in [-0.05, 0) is 76.9 Å². The molecule has 0 saturated heterocycles. The number of anilines is 1. The number of aryl methyl sites for hydroxylation is 5. The number of ether oxygens (including phenoxy) is 2. The molecule has 1 heterocycles. The van der Waals surface area contributed by atoms with E-state index in [1.807, 2.05) is 46.8 Å². The van der Waals surface area contributed by atoms with Gasteiger partial charge >= 0.3 is 5.97 Å². The number of hydrogen-bond donors (Lipinski definition) is 1. The molecule has 2 aromatic carbocycles. The van der Waals surface area contributed by atoms with E-state index in [4.69, 9.17) is 14.0 Å². The fourth-order valence-corrected chi connectivity index (χ4v) is 3.43. The Balaban J connectivity index is 1.57. The smallest absolute Gasteiger partial charge is 0.338 e. The summed E-state index contributed by atoms with van der Waals surface area (Å²) in [6, 6.07) is 10.5. The standard InChI is InChI=1S/C25H28N2O5/c1-14-11-15(2)23(16(3)12-14)26-24(28)19(6)31-25(29)20-7-9-21(10-8-20)30-13-22-17(4)27-32-18(22)5/h7-12,19H,13H2,1-6H3,(H,26,28). The first-order valence-electron chi connectivity index (χ1n) is 10.4. The van der Waals surface area contributed by atoms with Crippen LogP contribution in [0.15, 0.2) is 40.9 Å². The van der Waals surface area contributed by atoms with E-state index in [2.05, 4.69) is 10.5 Å². The van der Waals surface area contributed by atoms with E-state index in [1.165, 1.54) is 0 Å². The first-order valence-corrected chi connectivity index (χ1v) is 10.4. The van der Waals surface area contributed by atoms with Crippen molar-refractivity contribution in [2.45, 2.75) is 54.3 Å². The van der Waals surface area contributed by atoms with Crippen LogP contribution >= 0.6 is 0 Å². The molecule has 168 valence electrons. The third-order valence-electron chi connectivity index (χ3n) is 5.23. The zero-order chi connectivity index (χ0) is 23.4. The molecule has 0 radical (unpaired) electrons. The predicted molar refractivity (Wildman–Crippen MR) is 121 cm³/mol. The number of aromatic nitrogens is 1. The fourth-order valence-electron chi connectivity index (χ4n) is 3.43. The molecule has 1 unspecified atom stereocenters. The molecule has 0 spiro atoms. The summed E-state index contributed by atoms with van der Waals surface area (Å²) in [5.41, 5.74) is 5.79. The zero-order valence-corrected chi connectivity index (χ0v) is 19.2. The highest BCUT2D eigenvalue weighted by Crippen LogP contribution is 2.23. The Morgan fingerprint density at radius 1 is 1.03 bits per heavy atom. The molecule has 0 fully saturated rings. The maximum Gasteiger partial charge on any atom is 0.338 e. The van der Waals surface area contributed by atoms with Crippen molar-refractivity contribution in [2.75, 3.05) is 5.32 Å². The molecule has 0 bridgehead atoms. The molecule has 1 N–H and O–H groups in total. The van der Waals surface area contributed by atoms with Crippen LogP contribution in [0.4, 0.5) is 5.69 Å². The van der Waals surface area contributed by atoms with E-state index in [1.54, 1.807) is 31.2 Å². The highest BCUT2D eigenvalue weighted by Gasteiger charge is 2.20. The number of amides is 1. The van der Waals surface area contributed by atoms with Crippen LogP contribution < -0.4 is 10.1 Å². The summed E-state index contributed by atoms with van der Waals surface area (Å²) in [7, 11) is 0. The Morgan fingerprint density at radius 2 is 1.66 bits per heavy atom. The summed E-state index contributed by atoms with van der Waals surface area (Å²) >= 11 is 0. The van der Waals surface area contributed by atoms with E-state index < -0.39 is 12.1 Å². The van der Waals surface area contributed by atoms with Crippen LogP contribution in [0.1, 0.15) is 51.0 Å². The quantitative estimate of drug-likeness (QED) is 0.525. The average molecular weight is 437 g/mol. The van der Waals surface area contributed by atoms with Gasteiger partial charge in [0, 0.05) is 5.69 Å². The molecule has 32 heavy (non-hydrogen) atoms. The van der Waals surface area contributed by atoms with Crippen molar-refractivity contribution in [3.05, 3.63) is 75.7 Å². The number of carbonyl (C=O) groups excluding carboxylic acids is 2. The molecule has 7 nitrogen and oxygen atoms in total. The van der Waals surface area contributed by atoms with Gasteiger partial charge in [0.2, 0.25) is 0 Å². The maximum atomic E-state index is 12.6. The van der Waals surface area contributed by atoms with E-state index in [0.717, 1.165) is 33.6 Å². The topological polar surface area (TPSA) is 90.7 Å². The Hall–Kier alpha value is -3.61. The summed E-state index contributed by atoms with van der Waals surface area (Å²) in [6.45, 7) is 11.4. The van der Waals surface area contributed by atoms with Crippen molar-refractivity contribution in [2.24, 2.45) is 0 Å². The lowest BCUT2D eigenvalue weighted by atomic mass is 10.0. The lowest BCUT2D eigenvalue weighted by Gasteiger charge is -2.17. The van der Waals surface area contributed by atoms with Crippen LogP contribution in [0.2, 0.25) is 0 Å². The van der Waals surface area contributed by atoms with Gasteiger partial charge in [-0.3, -0.25) is 4.79 Å². The second-order valence-corrected chi connectivity index (χ2v) is 7.93. The highest BCUT2D eigenvalue weighted by molar-refractivity contribution is 5.98. The third-order valence-corrected chi connectivity index (χ3v) is 5.23. The minimum atomic E-state index is -0.946. The Labute approximate surface area is 187 Å². The van der Waals surface area contributed by atoms with Crippen molar-refractivity contribution < 1.29 is 23.6 Å². The Morgan fingerprint density at radius 3 is 2.22 bits per heavy atom. The predicted octanol–water partition coefficient (Wildman–Crippen LogP) is 4.98. The van der Waals surface area contributed by atoms with Gasteiger partial charge in [0.25, 0.3) is 5.91 Å². The van der Waals surface area contributed by atoms with Crippen molar-refractivity contribution in [3.8, 4) is 5.75 Å². The van der Waals surface area contributed by atoms with E-state index >= 15 is 0 Å². The molecule has 0 aliphatic rings. The SMILES string of the molecule is Cc1cc(C)c(NC(=O)C(C)OC(=O)c2ccc(OCc3c(C)noc3C)cc2)c(C)c1. The fraction of sp³-hybridized carbons (Fsp3) is 0.320. The second-order valence-electron chi connectivity index (χ2n) is 7.93. The largest absolute Gasteiger partial charge is 0.489 e. The minimum Gasteiger partial charge on any atom is -0.489 e. The monoisotopic (exact) mass is 436 g/mol. The molecule has 0 aliphatic carbocycles. The Kier molecular flexibility index (Phi) is 6.98. The molecule has 1 aromatic heterocycles. The number of nitrogens with zero attached hydrogens (tertiary/aromatic N) is 1. The average Bonchev–Trinajstić information content (AvgIpc) is 3.06. The van der Waals surface area contributed by atoms with Gasteiger partial charge in [0.1, 0.15) is 18.1 Å². The number of nitrogens with one attached hydrogen (secondary N) is 1. The van der Waals surface area contributed by atoms with Crippen LogP contribution in [0.5, 0.6) is 5.75 Å². The molecular weight excluding hydrogens is 408 g/mol. The van der Waals surface area contributed by atoms with Gasteiger partial charge in [-0.2, -0.15) is 0 Å². The highest BCUT2D eigenvalue weighted by atomic mass is 16.5. The molecule has 1 amide bonds. The van der Waals surface area contributed by atoms with E-state index in [0.29, 0.717) is 23.7 Å². The van der Waals surface area contributed by atoms with E-state index in [9.17, 15) is 9.59 Å². The first kappa shape index (κ1) is 23.1. The first-order chi connectivity index (χ1) is 15.2.